The number of nitrogens with one attached hydrogen (secondary N) is 1. The number of ether oxygens (including phenoxy) is 1. The zero-order valence-electron chi connectivity index (χ0n) is 14.8. The predicted molar refractivity (Wildman–Crippen MR) is 97.4 cm³/mol. The minimum Gasteiger partial charge on any atom is -0.389 e. The molecule has 1 saturated heterocycles. The van der Waals surface area contributed by atoms with Crippen molar-refractivity contribution in [3.8, 4) is 0 Å². The van der Waals surface area contributed by atoms with Gasteiger partial charge in [-0.25, -0.2) is 4.39 Å². The number of nitrogens with zero attached hydrogens (tertiary/aromatic N) is 2. The molecule has 136 valence electrons. The van der Waals surface area contributed by atoms with Crippen LogP contribution in [0.2, 0.25) is 0 Å². The summed E-state index contributed by atoms with van der Waals surface area (Å²) in [6.07, 6.45) is 1.53. The third kappa shape index (κ3) is 4.66. The Bertz CT molecular complexity index is 717. The van der Waals surface area contributed by atoms with Gasteiger partial charge in [-0.15, -0.1) is 0 Å². The molecule has 0 spiro atoms. The zero-order chi connectivity index (χ0) is 17.8. The fourth-order valence-corrected chi connectivity index (χ4v) is 3.47. The minimum absolute atomic E-state index is 0.247. The SMILES string of the molecule is COCC(O)CN1CCC(Nc2cc(C)nc3ccc(F)cc23)CC1. The van der Waals surface area contributed by atoms with Crippen LogP contribution in [0, 0.1) is 12.7 Å². The molecule has 3 rings (SSSR count). The van der Waals surface area contributed by atoms with Crippen molar-refractivity contribution in [3.05, 3.63) is 35.8 Å². The highest BCUT2D eigenvalue weighted by Crippen LogP contribution is 2.26. The number of piperidine rings is 1. The summed E-state index contributed by atoms with van der Waals surface area (Å²) < 4.78 is 18.6. The van der Waals surface area contributed by atoms with Crippen molar-refractivity contribution in [1.29, 1.82) is 0 Å². The van der Waals surface area contributed by atoms with Crippen LogP contribution in [0.5, 0.6) is 0 Å². The summed E-state index contributed by atoms with van der Waals surface area (Å²) >= 11 is 0. The Morgan fingerprint density at radius 1 is 1.36 bits per heavy atom. The maximum atomic E-state index is 13.6. The summed E-state index contributed by atoms with van der Waals surface area (Å²) in [5.74, 6) is -0.247. The van der Waals surface area contributed by atoms with E-state index in [0.29, 0.717) is 19.2 Å². The molecule has 1 aliphatic heterocycles. The average Bonchev–Trinajstić information content (AvgIpc) is 2.57. The molecule has 1 aromatic heterocycles. The molecule has 0 saturated carbocycles. The van der Waals surface area contributed by atoms with Crippen molar-refractivity contribution in [2.45, 2.75) is 31.9 Å². The Balaban J connectivity index is 1.64. The Labute approximate surface area is 147 Å². The topological polar surface area (TPSA) is 57.6 Å². The fraction of sp³-hybridized carbons (Fsp3) is 0.526. The molecular formula is C19H26FN3O2. The van der Waals surface area contributed by atoms with E-state index in [4.69, 9.17) is 4.74 Å². The van der Waals surface area contributed by atoms with Gasteiger partial charge in [-0.3, -0.25) is 4.98 Å². The van der Waals surface area contributed by atoms with E-state index in [-0.39, 0.29) is 5.82 Å². The van der Waals surface area contributed by atoms with E-state index in [9.17, 15) is 9.50 Å². The van der Waals surface area contributed by atoms with Crippen LogP contribution >= 0.6 is 0 Å². The highest BCUT2D eigenvalue weighted by molar-refractivity contribution is 5.91. The number of fused-ring (bicyclic) bond motifs is 1. The van der Waals surface area contributed by atoms with E-state index in [1.54, 1.807) is 19.2 Å². The van der Waals surface area contributed by atoms with Gasteiger partial charge >= 0.3 is 0 Å². The van der Waals surface area contributed by atoms with Crippen LogP contribution in [-0.4, -0.2) is 60.5 Å². The first-order chi connectivity index (χ1) is 12.0. The molecule has 1 unspecified atom stereocenters. The number of pyridine rings is 1. The van der Waals surface area contributed by atoms with E-state index < -0.39 is 6.10 Å². The molecule has 1 fully saturated rings. The standard InChI is InChI=1S/C19H26FN3O2/c1-13-9-19(17-10-14(20)3-4-18(17)21-13)22-15-5-7-23(8-6-15)11-16(24)12-25-2/h3-4,9-10,15-16,24H,5-8,11-12H2,1-2H3,(H,21,22). The number of methoxy groups -OCH3 is 1. The highest BCUT2D eigenvalue weighted by atomic mass is 19.1. The van der Waals surface area contributed by atoms with E-state index in [1.807, 2.05) is 13.0 Å². The normalized spacial score (nSPS) is 17.8. The first-order valence-electron chi connectivity index (χ1n) is 8.78. The van der Waals surface area contributed by atoms with Crippen LogP contribution in [0.1, 0.15) is 18.5 Å². The largest absolute Gasteiger partial charge is 0.389 e. The average molecular weight is 347 g/mol. The van der Waals surface area contributed by atoms with Crippen molar-refractivity contribution in [1.82, 2.24) is 9.88 Å². The number of hydrogen-bond acceptors (Lipinski definition) is 5. The second-order valence-corrected chi connectivity index (χ2v) is 6.80. The maximum Gasteiger partial charge on any atom is 0.124 e. The van der Waals surface area contributed by atoms with Crippen molar-refractivity contribution in [3.63, 3.8) is 0 Å². The second kappa shape index (κ2) is 8.08. The Hall–Kier alpha value is -1.76. The van der Waals surface area contributed by atoms with Gasteiger partial charge in [-0.1, -0.05) is 0 Å². The van der Waals surface area contributed by atoms with Gasteiger partial charge in [0.15, 0.2) is 0 Å². The summed E-state index contributed by atoms with van der Waals surface area (Å²) in [5.41, 5.74) is 2.67. The molecule has 0 aliphatic carbocycles. The van der Waals surface area contributed by atoms with Gasteiger partial charge in [0.05, 0.1) is 18.2 Å². The molecule has 2 N–H and O–H groups in total. The number of rotatable bonds is 6. The molecule has 5 nitrogen and oxygen atoms in total. The van der Waals surface area contributed by atoms with Gasteiger partial charge in [0.25, 0.3) is 0 Å². The predicted octanol–water partition coefficient (Wildman–Crippen LogP) is 2.57. The van der Waals surface area contributed by atoms with Crippen LogP contribution in [0.3, 0.4) is 0 Å². The van der Waals surface area contributed by atoms with E-state index >= 15 is 0 Å². The van der Waals surface area contributed by atoms with Crippen molar-refractivity contribution < 1.29 is 14.2 Å². The Morgan fingerprint density at radius 3 is 2.84 bits per heavy atom. The monoisotopic (exact) mass is 347 g/mol. The van der Waals surface area contributed by atoms with Crippen LogP contribution in [0.25, 0.3) is 10.9 Å². The number of anilines is 1. The van der Waals surface area contributed by atoms with Gasteiger partial charge in [-0.2, -0.15) is 0 Å². The molecule has 2 aromatic rings. The molecular weight excluding hydrogens is 321 g/mol. The molecule has 0 amide bonds. The van der Waals surface area contributed by atoms with Gasteiger partial charge in [0, 0.05) is 49.6 Å². The molecule has 2 heterocycles. The molecule has 0 radical (unpaired) electrons. The third-order valence-electron chi connectivity index (χ3n) is 4.67. The first-order valence-corrected chi connectivity index (χ1v) is 8.78. The van der Waals surface area contributed by atoms with E-state index in [2.05, 4.69) is 15.2 Å². The summed E-state index contributed by atoms with van der Waals surface area (Å²) in [6.45, 7) is 4.81. The van der Waals surface area contributed by atoms with Crippen LogP contribution in [0.15, 0.2) is 24.3 Å². The number of aliphatic hydroxyl groups excluding tert-OH is 1. The van der Waals surface area contributed by atoms with E-state index in [0.717, 1.165) is 48.2 Å². The summed E-state index contributed by atoms with van der Waals surface area (Å²) in [7, 11) is 1.60. The summed E-state index contributed by atoms with van der Waals surface area (Å²) in [5, 5.41) is 14.2. The van der Waals surface area contributed by atoms with Crippen molar-refractivity contribution >= 4 is 16.6 Å². The number of halogens is 1. The quantitative estimate of drug-likeness (QED) is 0.841. The highest BCUT2D eigenvalue weighted by Gasteiger charge is 2.21. The Kier molecular flexibility index (Phi) is 5.83. The van der Waals surface area contributed by atoms with Crippen molar-refractivity contribution in [2.75, 3.05) is 38.7 Å². The lowest BCUT2D eigenvalue weighted by Gasteiger charge is -2.34. The number of aromatic nitrogens is 1. The van der Waals surface area contributed by atoms with Crippen molar-refractivity contribution in [2.24, 2.45) is 0 Å². The minimum atomic E-state index is -0.440. The zero-order valence-corrected chi connectivity index (χ0v) is 14.8. The number of likely N-dealkylation sites (tertiary alicyclic amines) is 1. The first kappa shape index (κ1) is 18.0. The van der Waals surface area contributed by atoms with E-state index in [1.165, 1.54) is 6.07 Å². The number of hydrogen-bond donors (Lipinski definition) is 2. The summed E-state index contributed by atoms with van der Waals surface area (Å²) in [6, 6.07) is 7.03. The van der Waals surface area contributed by atoms with Crippen LogP contribution in [0.4, 0.5) is 10.1 Å². The smallest absolute Gasteiger partial charge is 0.124 e. The number of aliphatic hydroxyl groups is 1. The molecule has 25 heavy (non-hydrogen) atoms. The number of aryl methyl sites for hydroxylation is 1. The number of benzene rings is 1. The molecule has 1 aromatic carbocycles. The van der Waals surface area contributed by atoms with Gasteiger partial charge in [0.2, 0.25) is 0 Å². The lowest BCUT2D eigenvalue weighted by Crippen LogP contribution is -2.43. The van der Waals surface area contributed by atoms with Gasteiger partial charge < -0.3 is 20.1 Å². The summed E-state index contributed by atoms with van der Waals surface area (Å²) in [4.78, 5) is 6.74. The molecule has 6 heteroatoms. The molecule has 1 atom stereocenters. The second-order valence-electron chi connectivity index (χ2n) is 6.80. The fourth-order valence-electron chi connectivity index (χ4n) is 3.47. The molecule has 1 aliphatic rings. The van der Waals surface area contributed by atoms with Gasteiger partial charge in [0.1, 0.15) is 5.82 Å². The van der Waals surface area contributed by atoms with Gasteiger partial charge in [-0.05, 0) is 44.0 Å². The third-order valence-corrected chi connectivity index (χ3v) is 4.67. The lowest BCUT2D eigenvalue weighted by atomic mass is 10.0. The lowest BCUT2D eigenvalue weighted by molar-refractivity contribution is 0.0327. The van der Waals surface area contributed by atoms with Crippen LogP contribution < -0.4 is 5.32 Å². The van der Waals surface area contributed by atoms with Crippen LogP contribution in [-0.2, 0) is 4.74 Å². The number of β-amino-alcohol motifs (C(OH)–C–C–N with tert-alkyl or cyclic N) is 1. The Morgan fingerprint density at radius 2 is 2.12 bits per heavy atom. The maximum absolute atomic E-state index is 13.6. The molecule has 0 bridgehead atoms.